The van der Waals surface area contributed by atoms with Gasteiger partial charge >= 0.3 is 11.9 Å². The maximum Gasteiger partial charge on any atom is 0.329 e. The first-order valence-corrected chi connectivity index (χ1v) is 25.2. The molecule has 0 radical (unpaired) electrons. The van der Waals surface area contributed by atoms with Crippen molar-refractivity contribution < 1.29 is 57.8 Å². The van der Waals surface area contributed by atoms with Gasteiger partial charge in [-0.3, -0.25) is 43.2 Å². The van der Waals surface area contributed by atoms with Gasteiger partial charge in [0.05, 0.1) is 12.8 Å². The van der Waals surface area contributed by atoms with Crippen LogP contribution in [0.1, 0.15) is 178 Å². The molecule has 10 N–H and O–H groups in total. The predicted octanol–water partition coefficient (Wildman–Crippen LogP) is 3.17. The molecule has 8 amide bonds. The van der Waals surface area contributed by atoms with E-state index in [-0.39, 0.29) is 43.9 Å². The number of aliphatic carboxylic acids is 1. The Labute approximate surface area is 409 Å². The lowest BCUT2D eigenvalue weighted by atomic mass is 9.97. The fourth-order valence-corrected chi connectivity index (χ4v) is 7.85. The van der Waals surface area contributed by atoms with Crippen LogP contribution < -0.4 is 43.0 Å². The molecule has 1 rings (SSSR count). The second kappa shape index (κ2) is 32.5. The molecular weight excluding hydrogens is 893 g/mol. The van der Waals surface area contributed by atoms with Crippen molar-refractivity contribution in [2.45, 2.75) is 227 Å². The summed E-state index contributed by atoms with van der Waals surface area (Å²) in [7, 11) is 0. The van der Waals surface area contributed by atoms with Crippen molar-refractivity contribution >= 4 is 59.2 Å². The summed E-state index contributed by atoms with van der Waals surface area (Å²) in [6.45, 7) is 17.4. The molecule has 20 nitrogen and oxygen atoms in total. The van der Waals surface area contributed by atoms with Crippen LogP contribution in [0.15, 0.2) is 0 Å². The molecule has 9 atom stereocenters. The number of unbranched alkanes of at least 4 members (excludes halogenated alkanes) is 8. The summed E-state index contributed by atoms with van der Waals surface area (Å²) in [5.41, 5.74) is 5.45. The summed E-state index contributed by atoms with van der Waals surface area (Å²) < 4.78 is 6.04. The number of hydrogen-bond acceptors (Lipinski definition) is 11. The molecular formula is C49H86N8O12. The van der Waals surface area contributed by atoms with E-state index in [0.717, 1.165) is 38.5 Å². The van der Waals surface area contributed by atoms with Gasteiger partial charge in [-0.25, -0.2) is 4.79 Å². The van der Waals surface area contributed by atoms with Crippen molar-refractivity contribution in [1.82, 2.24) is 37.2 Å². The van der Waals surface area contributed by atoms with Gasteiger partial charge in [0.1, 0.15) is 48.4 Å². The third kappa shape index (κ3) is 24.7. The van der Waals surface area contributed by atoms with Crippen LogP contribution in [-0.4, -0.2) is 113 Å². The lowest BCUT2D eigenvalue weighted by Gasteiger charge is -2.29. The fraction of sp³-hybridized carbons (Fsp3) is 0.796. The number of cyclic esters (lactones) is 1. The highest BCUT2D eigenvalue weighted by atomic mass is 16.5. The maximum atomic E-state index is 14.2. The fourth-order valence-electron chi connectivity index (χ4n) is 7.85. The zero-order valence-corrected chi connectivity index (χ0v) is 43.0. The number of carboxylic acids is 1. The predicted molar refractivity (Wildman–Crippen MR) is 259 cm³/mol. The van der Waals surface area contributed by atoms with Crippen LogP contribution in [0.25, 0.3) is 0 Å². The average molecular weight is 979 g/mol. The molecule has 0 saturated carbocycles. The van der Waals surface area contributed by atoms with E-state index in [2.05, 4.69) is 44.1 Å². The highest BCUT2D eigenvalue weighted by molar-refractivity contribution is 5.98. The maximum absolute atomic E-state index is 14.2. The third-order valence-corrected chi connectivity index (χ3v) is 12.1. The molecule has 1 unspecified atom stereocenters. The molecule has 1 aliphatic heterocycles. The van der Waals surface area contributed by atoms with E-state index >= 15 is 0 Å². The van der Waals surface area contributed by atoms with Crippen LogP contribution in [0.4, 0.5) is 0 Å². The second-order valence-corrected chi connectivity index (χ2v) is 19.9. The normalized spacial score (nSPS) is 24.9. The lowest BCUT2D eigenvalue weighted by Crippen LogP contribution is -2.61. The van der Waals surface area contributed by atoms with Crippen LogP contribution in [0.3, 0.4) is 0 Å². The quantitative estimate of drug-likeness (QED) is 0.0558. The van der Waals surface area contributed by atoms with Gasteiger partial charge in [-0.2, -0.15) is 0 Å². The summed E-state index contributed by atoms with van der Waals surface area (Å²) in [6, 6.07) is -9.49. The van der Waals surface area contributed by atoms with Gasteiger partial charge in [0, 0.05) is 6.42 Å². The van der Waals surface area contributed by atoms with Gasteiger partial charge in [0.15, 0.2) is 0 Å². The summed E-state index contributed by atoms with van der Waals surface area (Å²) in [4.78, 5) is 135. The second-order valence-electron chi connectivity index (χ2n) is 19.9. The molecule has 1 saturated heterocycles. The summed E-state index contributed by atoms with van der Waals surface area (Å²) in [5, 5.41) is 27.9. The van der Waals surface area contributed by atoms with Gasteiger partial charge in [0.2, 0.25) is 47.3 Å². The molecule has 69 heavy (non-hydrogen) atoms. The number of carbonyl (C=O) groups excluding carboxylic acids is 9. The Bertz CT molecular complexity index is 1710. The Morgan fingerprint density at radius 3 is 1.57 bits per heavy atom. The van der Waals surface area contributed by atoms with Crippen LogP contribution in [0, 0.1) is 23.7 Å². The minimum absolute atomic E-state index is 0.0474. The molecule has 0 aromatic heterocycles. The molecule has 0 bridgehead atoms. The third-order valence-electron chi connectivity index (χ3n) is 12.1. The SMILES string of the molecule is CCCCCCCCCCCC1CC(=O)N[C@@H](CCC(N)=O)C(=O)N[C@@H](CC(C)C)C(=O)N[C@H](C)C(=O)N[C@@H](C(C)C)C(=O)N[C@@H](CC(=O)O)C(=O)N[C@H](CC(C)C)C(=O)N[C@@H]([C@@H](C)CC)C(=O)O1. The Hall–Kier alpha value is -5.30. The van der Waals surface area contributed by atoms with E-state index < -0.39 is 132 Å². The number of nitrogens with two attached hydrogens (primary N) is 1. The van der Waals surface area contributed by atoms with Crippen LogP contribution >= 0.6 is 0 Å². The molecule has 0 spiro atoms. The van der Waals surface area contributed by atoms with Gasteiger partial charge in [-0.05, 0) is 62.7 Å². The number of ether oxygens (including phenoxy) is 1. The summed E-state index contributed by atoms with van der Waals surface area (Å²) in [5.74, 6) is -10.3. The Morgan fingerprint density at radius 2 is 1.07 bits per heavy atom. The van der Waals surface area contributed by atoms with Crippen molar-refractivity contribution in [2.24, 2.45) is 29.4 Å². The average Bonchev–Trinajstić information content (AvgIpc) is 3.25. The van der Waals surface area contributed by atoms with Crippen molar-refractivity contribution in [2.75, 3.05) is 0 Å². The van der Waals surface area contributed by atoms with E-state index in [1.54, 1.807) is 55.4 Å². The van der Waals surface area contributed by atoms with Crippen LogP contribution in [0.5, 0.6) is 0 Å². The molecule has 394 valence electrons. The largest absolute Gasteiger partial charge is 0.481 e. The lowest BCUT2D eigenvalue weighted by molar-refractivity contribution is -0.156. The number of amides is 8. The van der Waals surface area contributed by atoms with Gasteiger partial charge < -0.3 is 52.8 Å². The molecule has 20 heteroatoms. The van der Waals surface area contributed by atoms with E-state index in [0.29, 0.717) is 12.8 Å². The van der Waals surface area contributed by atoms with Crippen molar-refractivity contribution in [3.63, 3.8) is 0 Å². The minimum atomic E-state index is -1.71. The zero-order valence-electron chi connectivity index (χ0n) is 43.0. The Balaban J connectivity index is 3.87. The summed E-state index contributed by atoms with van der Waals surface area (Å²) in [6.07, 6.45) is 7.01. The van der Waals surface area contributed by atoms with Crippen LogP contribution in [0.2, 0.25) is 0 Å². The molecule has 0 aromatic rings. The van der Waals surface area contributed by atoms with Gasteiger partial charge in [-0.1, -0.05) is 120 Å². The monoisotopic (exact) mass is 979 g/mol. The van der Waals surface area contributed by atoms with E-state index in [1.807, 2.05) is 0 Å². The number of hydrogen-bond donors (Lipinski definition) is 9. The smallest absolute Gasteiger partial charge is 0.329 e. The first kappa shape index (κ1) is 61.7. The molecule has 1 heterocycles. The number of esters is 1. The Morgan fingerprint density at radius 1 is 0.594 bits per heavy atom. The van der Waals surface area contributed by atoms with Crippen LogP contribution in [-0.2, 0) is 52.7 Å². The van der Waals surface area contributed by atoms with E-state index in [4.69, 9.17) is 10.5 Å². The van der Waals surface area contributed by atoms with Crippen molar-refractivity contribution in [1.29, 1.82) is 0 Å². The standard InChI is InChI=1S/C49H86N8O12/c1-11-13-14-15-16-17-18-19-20-21-33-26-39(59)52-34(22-23-38(50)58)44(63)53-35(24-28(3)4)45(64)51-32(10)43(62)56-41(30(7)8)48(67)55-37(27-40(60)61)46(65)54-36(25-29(5)6)47(66)57-42(31(9)12-2)49(68)69-33/h28-37,41-42H,11-27H2,1-10H3,(H2,50,58)(H,51,64)(H,52,59)(H,53,63)(H,54,65)(H,55,67)(H,56,62)(H,57,66)(H,60,61)/t31-,32+,33?,34-,35-,36+,37-,41-,42-/m0/s1. The first-order valence-electron chi connectivity index (χ1n) is 25.2. The minimum Gasteiger partial charge on any atom is -0.481 e. The number of primary amides is 1. The summed E-state index contributed by atoms with van der Waals surface area (Å²) >= 11 is 0. The molecule has 0 aromatic carbocycles. The van der Waals surface area contributed by atoms with E-state index in [9.17, 15) is 53.1 Å². The number of carboxylic acid groups (broad SMARTS) is 1. The zero-order chi connectivity index (χ0) is 52.4. The molecule has 1 fully saturated rings. The number of rotatable bonds is 22. The van der Waals surface area contributed by atoms with Gasteiger partial charge in [-0.15, -0.1) is 0 Å². The van der Waals surface area contributed by atoms with Crippen molar-refractivity contribution in [3.8, 4) is 0 Å². The highest BCUT2D eigenvalue weighted by Gasteiger charge is 2.37. The molecule has 0 aliphatic carbocycles. The number of nitrogens with one attached hydrogen (secondary N) is 7. The topological polar surface area (TPSA) is 310 Å². The first-order chi connectivity index (χ1) is 32.4. The van der Waals surface area contributed by atoms with E-state index in [1.165, 1.54) is 19.8 Å². The Kier molecular flexibility index (Phi) is 29.1. The van der Waals surface area contributed by atoms with Gasteiger partial charge in [0.25, 0.3) is 0 Å². The molecule has 1 aliphatic rings. The van der Waals surface area contributed by atoms with Crippen molar-refractivity contribution in [3.05, 3.63) is 0 Å². The number of carbonyl (C=O) groups is 10. The highest BCUT2D eigenvalue weighted by Crippen LogP contribution is 2.19.